The van der Waals surface area contributed by atoms with Crippen LogP contribution in [0.15, 0.2) is 120 Å². The first kappa shape index (κ1) is 31.8. The van der Waals surface area contributed by atoms with Crippen molar-refractivity contribution in [2.45, 2.75) is 62.6 Å². The maximum absolute atomic E-state index is 14.2. The fourth-order valence-electron chi connectivity index (χ4n) is 5.48. The van der Waals surface area contributed by atoms with Crippen LogP contribution in [0.4, 0.5) is 5.69 Å². The van der Waals surface area contributed by atoms with Crippen LogP contribution in [0.5, 0.6) is 11.5 Å². The van der Waals surface area contributed by atoms with E-state index in [0.29, 0.717) is 17.2 Å². The number of sulfonamides is 1. The number of nitrogens with one attached hydrogen (secondary N) is 1. The second kappa shape index (κ2) is 14.9. The van der Waals surface area contributed by atoms with E-state index in [1.807, 2.05) is 60.7 Å². The van der Waals surface area contributed by atoms with Gasteiger partial charge in [0, 0.05) is 12.6 Å². The predicted octanol–water partition coefficient (Wildman–Crippen LogP) is 6.54. The number of carbonyl (C=O) groups is 2. The van der Waals surface area contributed by atoms with E-state index in [1.165, 1.54) is 17.0 Å². The Balaban J connectivity index is 1.44. The average molecular weight is 626 g/mol. The van der Waals surface area contributed by atoms with Crippen molar-refractivity contribution in [2.75, 3.05) is 10.8 Å². The van der Waals surface area contributed by atoms with Gasteiger partial charge in [0.05, 0.1) is 10.6 Å². The van der Waals surface area contributed by atoms with Crippen molar-refractivity contribution in [1.82, 2.24) is 10.2 Å². The van der Waals surface area contributed by atoms with E-state index < -0.39 is 28.5 Å². The molecule has 0 aromatic heterocycles. The fourth-order valence-corrected chi connectivity index (χ4v) is 6.92. The molecule has 0 radical (unpaired) electrons. The van der Waals surface area contributed by atoms with E-state index in [0.717, 1.165) is 42.0 Å². The normalized spacial score (nSPS) is 14.2. The monoisotopic (exact) mass is 625 g/mol. The molecule has 234 valence electrons. The molecule has 8 nitrogen and oxygen atoms in total. The quantitative estimate of drug-likeness (QED) is 0.193. The Bertz CT molecular complexity index is 1640. The number of nitrogens with zero attached hydrogens (tertiary/aromatic N) is 2. The molecule has 1 aliphatic rings. The van der Waals surface area contributed by atoms with E-state index in [1.54, 1.807) is 49.4 Å². The van der Waals surface area contributed by atoms with Crippen LogP contribution in [0.2, 0.25) is 0 Å². The summed E-state index contributed by atoms with van der Waals surface area (Å²) >= 11 is 0. The van der Waals surface area contributed by atoms with Gasteiger partial charge in [0.1, 0.15) is 24.1 Å². The van der Waals surface area contributed by atoms with Crippen molar-refractivity contribution < 1.29 is 22.7 Å². The van der Waals surface area contributed by atoms with Gasteiger partial charge in [-0.2, -0.15) is 0 Å². The van der Waals surface area contributed by atoms with Gasteiger partial charge in [-0.05, 0) is 73.9 Å². The number of amides is 2. The Morgan fingerprint density at radius 3 is 1.96 bits per heavy atom. The highest BCUT2D eigenvalue weighted by Crippen LogP contribution is 2.28. The highest BCUT2D eigenvalue weighted by Gasteiger charge is 2.33. The summed E-state index contributed by atoms with van der Waals surface area (Å²) in [6, 6.07) is 32.5. The SMILES string of the molecule is CC(C(=O)NC1CCCCC1)N(Cc1ccccc1)C(=O)CN(c1ccc(Oc2ccccc2)cc1)S(=O)(=O)c1ccccc1. The minimum absolute atomic E-state index is 0.0557. The second-order valence-electron chi connectivity index (χ2n) is 11.3. The van der Waals surface area contributed by atoms with Crippen LogP contribution in [0.3, 0.4) is 0 Å². The molecule has 5 rings (SSSR count). The molecule has 1 N–H and O–H groups in total. The number of ether oxygens (including phenoxy) is 1. The molecule has 9 heteroatoms. The summed E-state index contributed by atoms with van der Waals surface area (Å²) in [6.45, 7) is 1.36. The van der Waals surface area contributed by atoms with Gasteiger partial charge in [-0.15, -0.1) is 0 Å². The zero-order valence-electron chi connectivity index (χ0n) is 25.4. The van der Waals surface area contributed by atoms with E-state index >= 15 is 0 Å². The predicted molar refractivity (Wildman–Crippen MR) is 175 cm³/mol. The average Bonchev–Trinajstić information content (AvgIpc) is 3.08. The molecule has 2 amide bonds. The summed E-state index contributed by atoms with van der Waals surface area (Å²) in [7, 11) is -4.15. The molecule has 0 bridgehead atoms. The summed E-state index contributed by atoms with van der Waals surface area (Å²) in [5, 5.41) is 3.13. The standard InChI is InChI=1S/C36H39N3O5S/c1-28(36(41)37-30-16-8-3-9-17-30)38(26-29-14-6-2-7-15-29)35(40)27-39(45(42,43)34-20-12-5-13-21-34)31-22-24-33(25-23-31)44-32-18-10-4-11-19-32/h2,4-7,10-15,18-25,28,30H,3,8-9,16-17,26-27H2,1H3,(H,37,41). The lowest BCUT2D eigenvalue weighted by Gasteiger charge is -2.33. The van der Waals surface area contributed by atoms with E-state index in [4.69, 9.17) is 4.74 Å². The lowest BCUT2D eigenvalue weighted by Crippen LogP contribution is -2.53. The molecular weight excluding hydrogens is 586 g/mol. The summed E-state index contributed by atoms with van der Waals surface area (Å²) in [6.07, 6.45) is 5.11. The number of anilines is 1. The van der Waals surface area contributed by atoms with Crippen LogP contribution in [0.25, 0.3) is 0 Å². The zero-order valence-corrected chi connectivity index (χ0v) is 26.2. The number of hydrogen-bond acceptors (Lipinski definition) is 5. The van der Waals surface area contributed by atoms with Crippen LogP contribution in [-0.4, -0.2) is 43.8 Å². The Labute approximate surface area is 265 Å². The summed E-state index contributed by atoms with van der Waals surface area (Å²) in [5.41, 5.74) is 1.13. The van der Waals surface area contributed by atoms with Gasteiger partial charge >= 0.3 is 0 Å². The molecule has 1 saturated carbocycles. The molecule has 1 aliphatic carbocycles. The lowest BCUT2D eigenvalue weighted by molar-refractivity contribution is -0.139. The van der Waals surface area contributed by atoms with Crippen molar-refractivity contribution in [1.29, 1.82) is 0 Å². The Hall–Kier alpha value is -4.63. The van der Waals surface area contributed by atoms with E-state index in [-0.39, 0.29) is 23.4 Å². The number of rotatable bonds is 12. The van der Waals surface area contributed by atoms with Gasteiger partial charge in [-0.1, -0.05) is 86.0 Å². The van der Waals surface area contributed by atoms with Gasteiger partial charge in [0.25, 0.3) is 10.0 Å². The molecule has 4 aromatic rings. The summed E-state index contributed by atoms with van der Waals surface area (Å²) in [4.78, 5) is 29.2. The first-order valence-corrected chi connectivity index (χ1v) is 16.8. The first-order chi connectivity index (χ1) is 21.8. The highest BCUT2D eigenvalue weighted by atomic mass is 32.2. The van der Waals surface area contributed by atoms with Crippen molar-refractivity contribution in [3.8, 4) is 11.5 Å². The van der Waals surface area contributed by atoms with Crippen molar-refractivity contribution in [2.24, 2.45) is 0 Å². The number of hydrogen-bond donors (Lipinski definition) is 1. The van der Waals surface area contributed by atoms with Gasteiger partial charge in [-0.25, -0.2) is 8.42 Å². The molecule has 0 spiro atoms. The van der Waals surface area contributed by atoms with Gasteiger partial charge in [-0.3, -0.25) is 13.9 Å². The summed E-state index contributed by atoms with van der Waals surface area (Å²) < 4.78 is 35.1. The maximum Gasteiger partial charge on any atom is 0.264 e. The van der Waals surface area contributed by atoms with Crippen molar-refractivity contribution >= 4 is 27.5 Å². The molecule has 1 atom stereocenters. The molecule has 0 saturated heterocycles. The molecule has 0 aliphatic heterocycles. The fraction of sp³-hybridized carbons (Fsp3) is 0.278. The van der Waals surface area contributed by atoms with E-state index in [9.17, 15) is 18.0 Å². The molecule has 4 aromatic carbocycles. The largest absolute Gasteiger partial charge is 0.457 e. The highest BCUT2D eigenvalue weighted by molar-refractivity contribution is 7.92. The molecule has 0 heterocycles. The number of para-hydroxylation sites is 1. The third-order valence-corrected chi connectivity index (χ3v) is 9.82. The van der Waals surface area contributed by atoms with Crippen LogP contribution >= 0.6 is 0 Å². The van der Waals surface area contributed by atoms with Crippen molar-refractivity contribution in [3.05, 3.63) is 121 Å². The second-order valence-corrected chi connectivity index (χ2v) is 13.1. The Kier molecular flexibility index (Phi) is 10.5. The molecule has 45 heavy (non-hydrogen) atoms. The van der Waals surface area contributed by atoms with E-state index in [2.05, 4.69) is 5.32 Å². The van der Waals surface area contributed by atoms with Crippen LogP contribution < -0.4 is 14.4 Å². The van der Waals surface area contributed by atoms with Crippen molar-refractivity contribution in [3.63, 3.8) is 0 Å². The summed E-state index contributed by atoms with van der Waals surface area (Å²) in [5.74, 6) is 0.429. The Morgan fingerprint density at radius 1 is 0.778 bits per heavy atom. The van der Waals surface area contributed by atoms with Crippen LogP contribution in [0, 0.1) is 0 Å². The Morgan fingerprint density at radius 2 is 1.33 bits per heavy atom. The lowest BCUT2D eigenvalue weighted by atomic mass is 9.95. The first-order valence-electron chi connectivity index (χ1n) is 15.4. The number of benzene rings is 4. The van der Waals surface area contributed by atoms with Gasteiger partial charge < -0.3 is 15.0 Å². The zero-order chi connectivity index (χ0) is 31.6. The third kappa shape index (κ3) is 8.30. The molecule has 1 fully saturated rings. The third-order valence-electron chi connectivity index (χ3n) is 8.03. The minimum atomic E-state index is -4.15. The van der Waals surface area contributed by atoms with Crippen LogP contribution in [-0.2, 0) is 26.2 Å². The smallest absolute Gasteiger partial charge is 0.264 e. The molecular formula is C36H39N3O5S. The van der Waals surface area contributed by atoms with Crippen LogP contribution in [0.1, 0.15) is 44.6 Å². The minimum Gasteiger partial charge on any atom is -0.457 e. The maximum atomic E-state index is 14.2. The van der Waals surface area contributed by atoms with Gasteiger partial charge in [0.2, 0.25) is 11.8 Å². The number of carbonyl (C=O) groups excluding carboxylic acids is 2. The van der Waals surface area contributed by atoms with Gasteiger partial charge in [0.15, 0.2) is 0 Å². The molecule has 1 unspecified atom stereocenters. The topological polar surface area (TPSA) is 96.0 Å².